The van der Waals surface area contributed by atoms with Crippen LogP contribution in [0.15, 0.2) is 42.5 Å². The first-order chi connectivity index (χ1) is 17.5. The summed E-state index contributed by atoms with van der Waals surface area (Å²) in [6.07, 6.45) is 3.16. The van der Waals surface area contributed by atoms with Crippen molar-refractivity contribution >= 4 is 27.5 Å². The summed E-state index contributed by atoms with van der Waals surface area (Å²) >= 11 is 0. The van der Waals surface area contributed by atoms with Gasteiger partial charge in [-0.1, -0.05) is 50.1 Å². The van der Waals surface area contributed by atoms with Crippen LogP contribution in [0.2, 0.25) is 0 Å². The number of methoxy groups -OCH3 is 2. The molecule has 2 aromatic carbocycles. The Kier molecular flexibility index (Phi) is 11.2. The number of anilines is 1. The SMILES string of the molecule is CCCCNC(=O)C(CC)N(Cc1ccc(C)cc1)C(=O)CN(c1ccc(OC)cc1OC)S(C)(=O)=O. The van der Waals surface area contributed by atoms with E-state index in [9.17, 15) is 18.0 Å². The number of unbranched alkanes of at least 4 members (excludes halogenated alkanes) is 1. The largest absolute Gasteiger partial charge is 0.497 e. The summed E-state index contributed by atoms with van der Waals surface area (Å²) in [5, 5.41) is 2.91. The molecular formula is C27H39N3O6S. The molecule has 0 bridgehead atoms. The van der Waals surface area contributed by atoms with Crippen molar-refractivity contribution in [1.82, 2.24) is 10.2 Å². The lowest BCUT2D eigenvalue weighted by atomic mass is 10.1. The van der Waals surface area contributed by atoms with E-state index in [2.05, 4.69) is 5.32 Å². The highest BCUT2D eigenvalue weighted by Crippen LogP contribution is 2.33. The van der Waals surface area contributed by atoms with E-state index >= 15 is 0 Å². The van der Waals surface area contributed by atoms with Gasteiger partial charge in [-0.2, -0.15) is 0 Å². The molecule has 0 heterocycles. The van der Waals surface area contributed by atoms with Gasteiger partial charge in [-0.15, -0.1) is 0 Å². The monoisotopic (exact) mass is 533 g/mol. The molecule has 0 aliphatic heterocycles. The highest BCUT2D eigenvalue weighted by Gasteiger charge is 2.32. The topological polar surface area (TPSA) is 105 Å². The Bertz CT molecular complexity index is 1150. The van der Waals surface area contributed by atoms with Crippen LogP contribution in [0.5, 0.6) is 11.5 Å². The van der Waals surface area contributed by atoms with Gasteiger partial charge in [0.25, 0.3) is 0 Å². The highest BCUT2D eigenvalue weighted by atomic mass is 32.2. The minimum absolute atomic E-state index is 0.163. The Hall–Kier alpha value is -3.27. The molecule has 0 spiro atoms. The first-order valence-electron chi connectivity index (χ1n) is 12.4. The van der Waals surface area contributed by atoms with Crippen LogP contribution in [0, 0.1) is 6.92 Å². The second-order valence-electron chi connectivity index (χ2n) is 8.88. The van der Waals surface area contributed by atoms with Crippen LogP contribution in [0.25, 0.3) is 0 Å². The summed E-state index contributed by atoms with van der Waals surface area (Å²) in [5.74, 6) is -0.0334. The molecule has 10 heteroatoms. The summed E-state index contributed by atoms with van der Waals surface area (Å²) in [5.41, 5.74) is 2.11. The summed E-state index contributed by atoms with van der Waals surface area (Å²) in [7, 11) is -0.977. The van der Waals surface area contributed by atoms with Gasteiger partial charge in [-0.05, 0) is 37.5 Å². The van der Waals surface area contributed by atoms with Crippen molar-refractivity contribution in [3.05, 3.63) is 53.6 Å². The van der Waals surface area contributed by atoms with Crippen molar-refractivity contribution in [3.63, 3.8) is 0 Å². The number of sulfonamides is 1. The number of hydrogen-bond donors (Lipinski definition) is 1. The number of nitrogens with zero attached hydrogens (tertiary/aromatic N) is 2. The molecule has 1 N–H and O–H groups in total. The van der Waals surface area contributed by atoms with Crippen LogP contribution in [0.3, 0.4) is 0 Å². The molecule has 9 nitrogen and oxygen atoms in total. The molecule has 0 saturated carbocycles. The summed E-state index contributed by atoms with van der Waals surface area (Å²) in [4.78, 5) is 28.3. The van der Waals surface area contributed by atoms with Crippen LogP contribution >= 0.6 is 0 Å². The number of rotatable bonds is 14. The summed E-state index contributed by atoms with van der Waals surface area (Å²) < 4.78 is 37.3. The molecular weight excluding hydrogens is 494 g/mol. The van der Waals surface area contributed by atoms with E-state index in [-0.39, 0.29) is 23.9 Å². The van der Waals surface area contributed by atoms with Crippen molar-refractivity contribution in [3.8, 4) is 11.5 Å². The Labute approximate surface area is 220 Å². The maximum absolute atomic E-state index is 13.8. The number of nitrogens with one attached hydrogen (secondary N) is 1. The van der Waals surface area contributed by atoms with E-state index < -0.39 is 28.5 Å². The third-order valence-corrected chi connectivity index (χ3v) is 7.15. The number of hydrogen-bond acceptors (Lipinski definition) is 6. The molecule has 0 fully saturated rings. The van der Waals surface area contributed by atoms with Gasteiger partial charge >= 0.3 is 0 Å². The van der Waals surface area contributed by atoms with Gasteiger partial charge in [0.05, 0.1) is 26.2 Å². The van der Waals surface area contributed by atoms with Gasteiger partial charge in [0.15, 0.2) is 0 Å². The molecule has 1 unspecified atom stereocenters. The van der Waals surface area contributed by atoms with E-state index in [1.54, 1.807) is 12.1 Å². The Morgan fingerprint density at radius 2 is 1.70 bits per heavy atom. The fraction of sp³-hybridized carbons (Fsp3) is 0.481. The fourth-order valence-electron chi connectivity index (χ4n) is 3.90. The van der Waals surface area contributed by atoms with Crippen molar-refractivity contribution in [2.75, 3.05) is 37.9 Å². The molecule has 204 valence electrons. The lowest BCUT2D eigenvalue weighted by molar-refractivity contribution is -0.140. The maximum atomic E-state index is 13.8. The van der Waals surface area contributed by atoms with E-state index in [0.29, 0.717) is 18.7 Å². The first kappa shape index (κ1) is 30.0. The van der Waals surface area contributed by atoms with E-state index in [1.165, 1.54) is 25.2 Å². The number of carbonyl (C=O) groups excluding carboxylic acids is 2. The number of ether oxygens (including phenoxy) is 2. The average Bonchev–Trinajstić information content (AvgIpc) is 2.87. The van der Waals surface area contributed by atoms with Gasteiger partial charge in [0, 0.05) is 19.2 Å². The first-order valence-corrected chi connectivity index (χ1v) is 14.2. The van der Waals surface area contributed by atoms with Crippen LogP contribution in [0.4, 0.5) is 5.69 Å². The minimum Gasteiger partial charge on any atom is -0.497 e. The van der Waals surface area contributed by atoms with Crippen molar-refractivity contribution < 1.29 is 27.5 Å². The zero-order valence-electron chi connectivity index (χ0n) is 22.6. The molecule has 0 aliphatic carbocycles. The highest BCUT2D eigenvalue weighted by molar-refractivity contribution is 7.92. The van der Waals surface area contributed by atoms with Gasteiger partial charge in [-0.25, -0.2) is 8.42 Å². The Morgan fingerprint density at radius 1 is 1.03 bits per heavy atom. The third-order valence-electron chi connectivity index (χ3n) is 6.02. The number of aryl methyl sites for hydroxylation is 1. The molecule has 2 amide bonds. The maximum Gasteiger partial charge on any atom is 0.244 e. The molecule has 2 aromatic rings. The van der Waals surface area contributed by atoms with Gasteiger partial charge in [0.2, 0.25) is 21.8 Å². The van der Waals surface area contributed by atoms with Crippen LogP contribution < -0.4 is 19.1 Å². The average molecular weight is 534 g/mol. The normalized spacial score (nSPS) is 11.9. The van der Waals surface area contributed by atoms with Gasteiger partial charge < -0.3 is 19.7 Å². The van der Waals surface area contributed by atoms with Gasteiger partial charge in [-0.3, -0.25) is 13.9 Å². The zero-order valence-corrected chi connectivity index (χ0v) is 23.4. The molecule has 0 radical (unpaired) electrons. The lowest BCUT2D eigenvalue weighted by Crippen LogP contribution is -2.52. The van der Waals surface area contributed by atoms with Crippen molar-refractivity contribution in [2.24, 2.45) is 0 Å². The summed E-state index contributed by atoms with van der Waals surface area (Å²) in [6, 6.07) is 11.6. The molecule has 2 rings (SSSR count). The number of amides is 2. The smallest absolute Gasteiger partial charge is 0.244 e. The fourth-order valence-corrected chi connectivity index (χ4v) is 4.75. The molecule has 1 atom stereocenters. The van der Waals surface area contributed by atoms with E-state index in [0.717, 1.165) is 34.5 Å². The Morgan fingerprint density at radius 3 is 2.24 bits per heavy atom. The quantitative estimate of drug-likeness (QED) is 0.373. The molecule has 37 heavy (non-hydrogen) atoms. The zero-order chi connectivity index (χ0) is 27.6. The predicted molar refractivity (Wildman–Crippen MR) is 145 cm³/mol. The predicted octanol–water partition coefficient (Wildman–Crippen LogP) is 3.50. The lowest BCUT2D eigenvalue weighted by Gasteiger charge is -2.33. The van der Waals surface area contributed by atoms with Crippen LogP contribution in [0.1, 0.15) is 44.2 Å². The second-order valence-corrected chi connectivity index (χ2v) is 10.8. The Balaban J connectivity index is 2.46. The number of benzene rings is 2. The van der Waals surface area contributed by atoms with Crippen molar-refractivity contribution in [2.45, 2.75) is 52.6 Å². The van der Waals surface area contributed by atoms with Crippen molar-refractivity contribution in [1.29, 1.82) is 0 Å². The third kappa shape index (κ3) is 8.38. The molecule has 0 saturated heterocycles. The summed E-state index contributed by atoms with van der Waals surface area (Å²) in [6.45, 7) is 6.01. The van der Waals surface area contributed by atoms with Crippen LogP contribution in [-0.4, -0.2) is 64.7 Å². The number of carbonyl (C=O) groups is 2. The molecule has 0 aliphatic rings. The standard InChI is InChI=1S/C27H39N3O6S/c1-7-9-16-28-27(32)23(8-2)29(18-21-12-10-20(3)11-13-21)26(31)19-30(37(6,33)34)24-15-14-22(35-4)17-25(24)36-5/h10-15,17,23H,7-9,16,18-19H2,1-6H3,(H,28,32). The van der Waals surface area contributed by atoms with E-state index in [4.69, 9.17) is 9.47 Å². The van der Waals surface area contributed by atoms with Gasteiger partial charge in [0.1, 0.15) is 24.1 Å². The van der Waals surface area contributed by atoms with Crippen LogP contribution in [-0.2, 0) is 26.2 Å². The second kappa shape index (κ2) is 13.9. The molecule has 0 aromatic heterocycles. The minimum atomic E-state index is -3.88. The van der Waals surface area contributed by atoms with E-state index in [1.807, 2.05) is 45.0 Å².